The van der Waals surface area contributed by atoms with Crippen molar-refractivity contribution >= 4 is 29.2 Å². The van der Waals surface area contributed by atoms with Gasteiger partial charge in [-0.15, -0.1) is 0 Å². The lowest BCUT2D eigenvalue weighted by Crippen LogP contribution is -2.11. The molecule has 0 spiro atoms. The second-order valence-corrected chi connectivity index (χ2v) is 5.98. The van der Waals surface area contributed by atoms with E-state index in [1.807, 2.05) is 11.8 Å². The van der Waals surface area contributed by atoms with Gasteiger partial charge in [0.05, 0.1) is 0 Å². The lowest BCUT2D eigenvalue weighted by molar-refractivity contribution is 0.822. The molecule has 0 bridgehead atoms. The van der Waals surface area contributed by atoms with Gasteiger partial charge in [0.2, 0.25) is 0 Å². The quantitative estimate of drug-likeness (QED) is 0.800. The molecular formula is C12H20ClN3S. The number of aromatic nitrogens is 2. The van der Waals surface area contributed by atoms with Gasteiger partial charge in [-0.1, -0.05) is 32.4 Å². The molecule has 0 aromatic carbocycles. The summed E-state index contributed by atoms with van der Waals surface area (Å²) in [4.78, 5) is 8.30. The van der Waals surface area contributed by atoms with E-state index in [1.165, 1.54) is 6.33 Å². The van der Waals surface area contributed by atoms with Crippen LogP contribution in [0.3, 0.4) is 0 Å². The van der Waals surface area contributed by atoms with E-state index in [0.717, 1.165) is 24.3 Å². The summed E-state index contributed by atoms with van der Waals surface area (Å²) < 4.78 is 0. The normalized spacial score (nSPS) is 12.8. The third-order valence-electron chi connectivity index (χ3n) is 2.66. The number of rotatable bonds is 6. The molecule has 0 radical (unpaired) electrons. The minimum Gasteiger partial charge on any atom is -0.370 e. The minimum atomic E-state index is 0.323. The van der Waals surface area contributed by atoms with Crippen LogP contribution in [0.5, 0.6) is 0 Å². The molecule has 1 aromatic rings. The molecule has 1 rings (SSSR count). The van der Waals surface area contributed by atoms with Crippen molar-refractivity contribution in [3.8, 4) is 0 Å². The number of hydrogen-bond donors (Lipinski definition) is 1. The molecule has 17 heavy (non-hydrogen) atoms. The second-order valence-electron chi connectivity index (χ2n) is 4.34. The summed E-state index contributed by atoms with van der Waals surface area (Å²) in [5.41, 5.74) is 1.01. The maximum absolute atomic E-state index is 6.10. The van der Waals surface area contributed by atoms with Gasteiger partial charge in [-0.2, -0.15) is 11.8 Å². The topological polar surface area (TPSA) is 37.8 Å². The van der Waals surface area contributed by atoms with Gasteiger partial charge >= 0.3 is 0 Å². The first-order valence-corrected chi connectivity index (χ1v) is 7.49. The lowest BCUT2D eigenvalue weighted by Gasteiger charge is -2.15. The fourth-order valence-corrected chi connectivity index (χ4v) is 2.24. The molecule has 0 aliphatic heterocycles. The fraction of sp³-hybridized carbons (Fsp3) is 0.667. The molecule has 96 valence electrons. The minimum absolute atomic E-state index is 0.323. The number of anilines is 1. The molecule has 5 heteroatoms. The van der Waals surface area contributed by atoms with Crippen LogP contribution in [0, 0.1) is 0 Å². The smallest absolute Gasteiger partial charge is 0.138 e. The molecule has 0 saturated carbocycles. The van der Waals surface area contributed by atoms with Crippen LogP contribution in [0.15, 0.2) is 6.33 Å². The van der Waals surface area contributed by atoms with Gasteiger partial charge in [-0.25, -0.2) is 9.97 Å². The van der Waals surface area contributed by atoms with Gasteiger partial charge in [0, 0.05) is 17.4 Å². The second kappa shape index (κ2) is 7.07. The van der Waals surface area contributed by atoms with Crippen molar-refractivity contribution in [2.45, 2.75) is 38.4 Å². The first-order valence-electron chi connectivity index (χ1n) is 5.83. The van der Waals surface area contributed by atoms with Crippen LogP contribution >= 0.6 is 23.4 Å². The highest BCUT2D eigenvalue weighted by molar-refractivity contribution is 7.99. The summed E-state index contributed by atoms with van der Waals surface area (Å²) >= 11 is 7.97. The molecule has 0 fully saturated rings. The summed E-state index contributed by atoms with van der Waals surface area (Å²) in [5, 5.41) is 4.56. The molecule has 3 nitrogen and oxygen atoms in total. The van der Waals surface area contributed by atoms with Crippen molar-refractivity contribution in [2.24, 2.45) is 0 Å². The van der Waals surface area contributed by atoms with E-state index in [2.05, 4.69) is 42.3 Å². The summed E-state index contributed by atoms with van der Waals surface area (Å²) in [6.07, 6.45) is 4.75. The average molecular weight is 274 g/mol. The molecular weight excluding hydrogens is 254 g/mol. The number of thioether (sulfide) groups is 1. The highest BCUT2D eigenvalue weighted by atomic mass is 35.5. The molecule has 0 aliphatic rings. The Morgan fingerprint density at radius 2 is 2.06 bits per heavy atom. The Morgan fingerprint density at radius 1 is 1.35 bits per heavy atom. The predicted octanol–water partition coefficient (Wildman–Crippen LogP) is 3.81. The molecule has 0 saturated heterocycles. The van der Waals surface area contributed by atoms with Crippen LogP contribution < -0.4 is 5.32 Å². The van der Waals surface area contributed by atoms with Crippen LogP contribution in [0.2, 0.25) is 5.15 Å². The summed E-state index contributed by atoms with van der Waals surface area (Å²) in [6.45, 7) is 7.33. The molecule has 1 unspecified atom stereocenters. The van der Waals surface area contributed by atoms with Crippen molar-refractivity contribution in [2.75, 3.05) is 18.1 Å². The Hall–Kier alpha value is -0.480. The standard InChI is InChI=1S/C12H20ClN3S/c1-8(2)10-11(13)15-7-16-12(10)14-6-5-9(3)17-4/h7-9H,5-6H2,1-4H3,(H,14,15,16). The Kier molecular flexibility index (Phi) is 6.06. The van der Waals surface area contributed by atoms with E-state index < -0.39 is 0 Å². The van der Waals surface area contributed by atoms with Gasteiger partial charge in [0.25, 0.3) is 0 Å². The van der Waals surface area contributed by atoms with E-state index in [1.54, 1.807) is 0 Å². The summed E-state index contributed by atoms with van der Waals surface area (Å²) in [7, 11) is 0. The highest BCUT2D eigenvalue weighted by Gasteiger charge is 2.13. The van der Waals surface area contributed by atoms with Gasteiger partial charge in [-0.3, -0.25) is 0 Å². The first kappa shape index (κ1) is 14.6. The third kappa shape index (κ3) is 4.36. The van der Waals surface area contributed by atoms with Crippen LogP contribution in [0.1, 0.15) is 38.7 Å². The predicted molar refractivity (Wildman–Crippen MR) is 77.2 cm³/mol. The number of nitrogens with one attached hydrogen (secondary N) is 1. The largest absolute Gasteiger partial charge is 0.370 e. The van der Waals surface area contributed by atoms with Gasteiger partial charge < -0.3 is 5.32 Å². The summed E-state index contributed by atoms with van der Waals surface area (Å²) in [5.74, 6) is 1.19. The van der Waals surface area contributed by atoms with Gasteiger partial charge in [-0.05, 0) is 18.6 Å². The van der Waals surface area contributed by atoms with Crippen molar-refractivity contribution in [1.82, 2.24) is 9.97 Å². The zero-order valence-electron chi connectivity index (χ0n) is 10.8. The van der Waals surface area contributed by atoms with E-state index in [4.69, 9.17) is 11.6 Å². The van der Waals surface area contributed by atoms with Crippen LogP contribution in [-0.4, -0.2) is 28.0 Å². The Bertz CT molecular complexity index is 358. The van der Waals surface area contributed by atoms with Crippen LogP contribution in [0.4, 0.5) is 5.82 Å². The molecule has 0 aliphatic carbocycles. The third-order valence-corrected chi connectivity index (χ3v) is 4.00. The number of halogens is 1. The number of hydrogen-bond acceptors (Lipinski definition) is 4. The van der Waals surface area contributed by atoms with Crippen molar-refractivity contribution in [3.05, 3.63) is 17.0 Å². The zero-order valence-corrected chi connectivity index (χ0v) is 12.4. The van der Waals surface area contributed by atoms with Crippen molar-refractivity contribution in [3.63, 3.8) is 0 Å². The van der Waals surface area contributed by atoms with Crippen molar-refractivity contribution in [1.29, 1.82) is 0 Å². The maximum atomic E-state index is 6.10. The van der Waals surface area contributed by atoms with E-state index in [-0.39, 0.29) is 0 Å². The van der Waals surface area contributed by atoms with Crippen LogP contribution in [0.25, 0.3) is 0 Å². The first-order chi connectivity index (χ1) is 8.06. The monoisotopic (exact) mass is 273 g/mol. The molecule has 1 heterocycles. The molecule has 1 aromatic heterocycles. The Labute approximate surface area is 113 Å². The Balaban J connectivity index is 2.67. The van der Waals surface area contributed by atoms with Gasteiger partial charge in [0.15, 0.2) is 0 Å². The fourth-order valence-electron chi connectivity index (χ4n) is 1.54. The lowest BCUT2D eigenvalue weighted by atomic mass is 10.1. The van der Waals surface area contributed by atoms with E-state index in [0.29, 0.717) is 16.3 Å². The molecule has 1 atom stereocenters. The maximum Gasteiger partial charge on any atom is 0.138 e. The highest BCUT2D eigenvalue weighted by Crippen LogP contribution is 2.27. The molecule has 0 amide bonds. The molecule has 1 N–H and O–H groups in total. The zero-order chi connectivity index (χ0) is 12.8. The average Bonchev–Trinajstić information content (AvgIpc) is 2.28. The van der Waals surface area contributed by atoms with Gasteiger partial charge in [0.1, 0.15) is 17.3 Å². The number of nitrogens with zero attached hydrogens (tertiary/aromatic N) is 2. The summed E-state index contributed by atoms with van der Waals surface area (Å²) in [6, 6.07) is 0. The Morgan fingerprint density at radius 3 is 2.65 bits per heavy atom. The SMILES string of the molecule is CSC(C)CCNc1ncnc(Cl)c1C(C)C. The van der Waals surface area contributed by atoms with E-state index in [9.17, 15) is 0 Å². The van der Waals surface area contributed by atoms with Crippen molar-refractivity contribution < 1.29 is 0 Å². The van der Waals surface area contributed by atoms with E-state index >= 15 is 0 Å². The van der Waals surface area contributed by atoms with Crippen LogP contribution in [-0.2, 0) is 0 Å².